The molecule has 0 saturated carbocycles. The standard InChI is InChI=1S/C15H16N2O/c1-10-12-6-3-4-7-13(12)16-11(2)14(10)15(18)17-8-5-9-17/h3-4,6-7H,5,8-9H2,1-2H3. The number of carbonyl (C=O) groups excluding carboxylic acids is 1. The Kier molecular flexibility index (Phi) is 2.54. The Labute approximate surface area is 106 Å². The molecule has 1 aliphatic heterocycles. The van der Waals surface area contributed by atoms with E-state index in [9.17, 15) is 4.79 Å². The number of aromatic nitrogens is 1. The highest BCUT2D eigenvalue weighted by Crippen LogP contribution is 2.24. The Hall–Kier alpha value is -1.90. The molecule has 18 heavy (non-hydrogen) atoms. The van der Waals surface area contributed by atoms with Crippen LogP contribution in [0.5, 0.6) is 0 Å². The van der Waals surface area contributed by atoms with Crippen LogP contribution in [0.3, 0.4) is 0 Å². The minimum atomic E-state index is 0.134. The summed E-state index contributed by atoms with van der Waals surface area (Å²) >= 11 is 0. The predicted octanol–water partition coefficient (Wildman–Crippen LogP) is 2.70. The fourth-order valence-electron chi connectivity index (χ4n) is 2.52. The number of nitrogens with zero attached hydrogens (tertiary/aromatic N) is 2. The van der Waals surface area contributed by atoms with E-state index in [1.807, 2.05) is 43.0 Å². The lowest BCUT2D eigenvalue weighted by atomic mass is 10.00. The highest BCUT2D eigenvalue weighted by atomic mass is 16.2. The Morgan fingerprint density at radius 2 is 1.94 bits per heavy atom. The summed E-state index contributed by atoms with van der Waals surface area (Å²) in [6.07, 6.45) is 1.12. The molecule has 2 aromatic rings. The SMILES string of the molecule is Cc1nc2ccccc2c(C)c1C(=O)N1CCC1. The zero-order chi connectivity index (χ0) is 12.7. The molecule has 3 rings (SSSR count). The zero-order valence-electron chi connectivity index (χ0n) is 10.7. The van der Waals surface area contributed by atoms with Crippen LogP contribution in [0.15, 0.2) is 24.3 Å². The number of amides is 1. The van der Waals surface area contributed by atoms with E-state index in [4.69, 9.17) is 0 Å². The number of fused-ring (bicyclic) bond motifs is 1. The normalized spacial score (nSPS) is 14.7. The quantitative estimate of drug-likeness (QED) is 0.767. The van der Waals surface area contributed by atoms with E-state index in [1.54, 1.807) is 0 Å². The molecular weight excluding hydrogens is 224 g/mol. The van der Waals surface area contributed by atoms with Crippen molar-refractivity contribution >= 4 is 16.8 Å². The monoisotopic (exact) mass is 240 g/mol. The lowest BCUT2D eigenvalue weighted by Crippen LogP contribution is -2.42. The van der Waals surface area contributed by atoms with Crippen molar-refractivity contribution < 1.29 is 4.79 Å². The summed E-state index contributed by atoms with van der Waals surface area (Å²) in [5, 5.41) is 1.08. The summed E-state index contributed by atoms with van der Waals surface area (Å²) in [6.45, 7) is 5.70. The molecule has 2 heterocycles. The smallest absolute Gasteiger partial charge is 0.255 e. The predicted molar refractivity (Wildman–Crippen MR) is 71.7 cm³/mol. The van der Waals surface area contributed by atoms with Crippen LogP contribution in [0.25, 0.3) is 10.9 Å². The number of benzene rings is 1. The second-order valence-corrected chi connectivity index (χ2v) is 4.86. The first-order chi connectivity index (χ1) is 8.68. The van der Waals surface area contributed by atoms with Gasteiger partial charge in [0, 0.05) is 18.5 Å². The van der Waals surface area contributed by atoms with Gasteiger partial charge in [-0.2, -0.15) is 0 Å². The molecule has 0 bridgehead atoms. The van der Waals surface area contributed by atoms with E-state index in [0.717, 1.165) is 47.2 Å². The van der Waals surface area contributed by atoms with Crippen LogP contribution in [-0.4, -0.2) is 28.9 Å². The van der Waals surface area contributed by atoms with Crippen LogP contribution < -0.4 is 0 Å². The van der Waals surface area contributed by atoms with Crippen LogP contribution in [0.2, 0.25) is 0 Å². The number of hydrogen-bond donors (Lipinski definition) is 0. The molecule has 92 valence electrons. The molecule has 1 aromatic heterocycles. The van der Waals surface area contributed by atoms with Gasteiger partial charge in [-0.3, -0.25) is 9.78 Å². The van der Waals surface area contributed by atoms with Crippen molar-refractivity contribution in [1.29, 1.82) is 0 Å². The maximum absolute atomic E-state index is 12.4. The van der Waals surface area contributed by atoms with Gasteiger partial charge in [-0.15, -0.1) is 0 Å². The summed E-state index contributed by atoms with van der Waals surface area (Å²) in [5.41, 5.74) is 3.64. The molecule has 1 saturated heterocycles. The summed E-state index contributed by atoms with van der Waals surface area (Å²) < 4.78 is 0. The Morgan fingerprint density at radius 1 is 1.22 bits per heavy atom. The minimum Gasteiger partial charge on any atom is -0.338 e. The fraction of sp³-hybridized carbons (Fsp3) is 0.333. The lowest BCUT2D eigenvalue weighted by molar-refractivity contribution is 0.0650. The van der Waals surface area contributed by atoms with Gasteiger partial charge in [0.25, 0.3) is 5.91 Å². The van der Waals surface area contributed by atoms with Gasteiger partial charge in [-0.1, -0.05) is 18.2 Å². The molecule has 0 radical (unpaired) electrons. The van der Waals surface area contributed by atoms with Crippen molar-refractivity contribution in [2.75, 3.05) is 13.1 Å². The third-order valence-corrected chi connectivity index (χ3v) is 3.69. The molecule has 0 unspecified atom stereocenters. The van der Waals surface area contributed by atoms with Crippen LogP contribution in [-0.2, 0) is 0 Å². The van der Waals surface area contributed by atoms with Crippen molar-refractivity contribution in [3.05, 3.63) is 41.1 Å². The number of aryl methyl sites for hydroxylation is 2. The van der Waals surface area contributed by atoms with Gasteiger partial charge in [-0.05, 0) is 31.9 Å². The van der Waals surface area contributed by atoms with Gasteiger partial charge in [0.1, 0.15) is 0 Å². The molecule has 1 aliphatic rings. The number of likely N-dealkylation sites (tertiary alicyclic amines) is 1. The molecule has 1 aromatic carbocycles. The van der Waals surface area contributed by atoms with Gasteiger partial charge >= 0.3 is 0 Å². The minimum absolute atomic E-state index is 0.134. The topological polar surface area (TPSA) is 33.2 Å². The van der Waals surface area contributed by atoms with E-state index >= 15 is 0 Å². The number of carbonyl (C=O) groups is 1. The van der Waals surface area contributed by atoms with Crippen molar-refractivity contribution in [2.24, 2.45) is 0 Å². The zero-order valence-corrected chi connectivity index (χ0v) is 10.7. The molecule has 3 nitrogen and oxygen atoms in total. The third kappa shape index (κ3) is 1.58. The summed E-state index contributed by atoms with van der Waals surface area (Å²) in [7, 11) is 0. The van der Waals surface area contributed by atoms with Crippen molar-refractivity contribution in [3.8, 4) is 0 Å². The van der Waals surface area contributed by atoms with E-state index in [0.29, 0.717) is 0 Å². The average molecular weight is 240 g/mol. The number of rotatable bonds is 1. The maximum atomic E-state index is 12.4. The number of hydrogen-bond acceptors (Lipinski definition) is 2. The first-order valence-corrected chi connectivity index (χ1v) is 6.33. The van der Waals surface area contributed by atoms with Gasteiger partial charge in [-0.25, -0.2) is 0 Å². The first kappa shape index (κ1) is 11.2. The van der Waals surface area contributed by atoms with Crippen LogP contribution >= 0.6 is 0 Å². The molecule has 0 N–H and O–H groups in total. The summed E-state index contributed by atoms with van der Waals surface area (Å²) in [4.78, 5) is 18.8. The first-order valence-electron chi connectivity index (χ1n) is 6.33. The van der Waals surface area contributed by atoms with Crippen molar-refractivity contribution in [3.63, 3.8) is 0 Å². The Morgan fingerprint density at radius 3 is 2.61 bits per heavy atom. The maximum Gasteiger partial charge on any atom is 0.255 e. The molecular formula is C15H16N2O. The van der Waals surface area contributed by atoms with Gasteiger partial charge in [0.15, 0.2) is 0 Å². The Bertz CT molecular complexity index is 630. The van der Waals surface area contributed by atoms with Crippen LogP contribution in [0.4, 0.5) is 0 Å². The van der Waals surface area contributed by atoms with Gasteiger partial charge < -0.3 is 4.90 Å². The van der Waals surface area contributed by atoms with Crippen LogP contribution in [0, 0.1) is 13.8 Å². The summed E-state index contributed by atoms with van der Waals surface area (Å²) in [6, 6.07) is 7.99. The molecule has 3 heteroatoms. The molecule has 0 atom stereocenters. The fourth-order valence-corrected chi connectivity index (χ4v) is 2.52. The van der Waals surface area contributed by atoms with Gasteiger partial charge in [0.05, 0.1) is 16.8 Å². The number of para-hydroxylation sites is 1. The molecule has 1 fully saturated rings. The number of pyridine rings is 1. The third-order valence-electron chi connectivity index (χ3n) is 3.69. The second kappa shape index (κ2) is 4.09. The van der Waals surface area contributed by atoms with Gasteiger partial charge in [0.2, 0.25) is 0 Å². The molecule has 1 amide bonds. The Balaban J connectivity index is 2.19. The van der Waals surface area contributed by atoms with E-state index in [-0.39, 0.29) is 5.91 Å². The van der Waals surface area contributed by atoms with E-state index < -0.39 is 0 Å². The van der Waals surface area contributed by atoms with Crippen LogP contribution in [0.1, 0.15) is 28.0 Å². The second-order valence-electron chi connectivity index (χ2n) is 4.86. The highest BCUT2D eigenvalue weighted by Gasteiger charge is 2.25. The molecule has 0 spiro atoms. The summed E-state index contributed by atoms with van der Waals surface area (Å²) in [5.74, 6) is 0.134. The van der Waals surface area contributed by atoms with E-state index in [1.165, 1.54) is 0 Å². The molecule has 0 aliphatic carbocycles. The average Bonchev–Trinajstić information content (AvgIpc) is 2.26. The highest BCUT2D eigenvalue weighted by molar-refractivity contribution is 6.01. The van der Waals surface area contributed by atoms with Crippen molar-refractivity contribution in [1.82, 2.24) is 9.88 Å². The van der Waals surface area contributed by atoms with E-state index in [2.05, 4.69) is 4.98 Å². The largest absolute Gasteiger partial charge is 0.338 e. The lowest BCUT2D eigenvalue weighted by Gasteiger charge is -2.31. The van der Waals surface area contributed by atoms with Crippen molar-refractivity contribution in [2.45, 2.75) is 20.3 Å².